The summed E-state index contributed by atoms with van der Waals surface area (Å²) in [6.45, 7) is -0.0508. The molecular formula is C15H12FNO3S. The zero-order valence-corrected chi connectivity index (χ0v) is 11.8. The quantitative estimate of drug-likeness (QED) is 0.851. The van der Waals surface area contributed by atoms with Crippen LogP contribution in [-0.2, 0) is 9.84 Å². The number of nitriles is 1. The molecule has 0 unspecified atom stereocenters. The van der Waals surface area contributed by atoms with Crippen molar-refractivity contribution in [1.29, 1.82) is 5.26 Å². The Morgan fingerprint density at radius 1 is 1.14 bits per heavy atom. The average Bonchev–Trinajstić information content (AvgIpc) is 2.49. The van der Waals surface area contributed by atoms with Crippen molar-refractivity contribution in [2.75, 3.05) is 12.4 Å². The molecule has 0 spiro atoms. The largest absolute Gasteiger partial charge is 0.493 e. The van der Waals surface area contributed by atoms with Crippen molar-refractivity contribution in [2.24, 2.45) is 0 Å². The summed E-state index contributed by atoms with van der Waals surface area (Å²) in [6, 6.07) is 13.0. The second kappa shape index (κ2) is 6.37. The molecule has 2 aromatic rings. The summed E-state index contributed by atoms with van der Waals surface area (Å²) in [5.74, 6) is -0.208. The van der Waals surface area contributed by atoms with Gasteiger partial charge in [0.1, 0.15) is 18.2 Å². The first kappa shape index (κ1) is 15.0. The zero-order valence-electron chi connectivity index (χ0n) is 11.0. The maximum atomic E-state index is 12.7. The van der Waals surface area contributed by atoms with Crippen LogP contribution in [0.2, 0.25) is 0 Å². The maximum Gasteiger partial charge on any atom is 0.181 e. The Bertz CT molecular complexity index is 764. The van der Waals surface area contributed by atoms with Gasteiger partial charge in [-0.15, -0.1) is 0 Å². The van der Waals surface area contributed by atoms with Gasteiger partial charge in [-0.1, -0.05) is 6.07 Å². The van der Waals surface area contributed by atoms with E-state index >= 15 is 0 Å². The predicted molar refractivity (Wildman–Crippen MR) is 75.1 cm³/mol. The third kappa shape index (κ3) is 4.04. The van der Waals surface area contributed by atoms with Crippen molar-refractivity contribution in [1.82, 2.24) is 0 Å². The minimum atomic E-state index is -3.52. The molecule has 0 N–H and O–H groups in total. The van der Waals surface area contributed by atoms with Gasteiger partial charge in [-0.2, -0.15) is 5.26 Å². The average molecular weight is 305 g/mol. The molecule has 0 fully saturated rings. The fourth-order valence-electron chi connectivity index (χ4n) is 1.68. The molecule has 4 nitrogen and oxygen atoms in total. The van der Waals surface area contributed by atoms with E-state index in [2.05, 4.69) is 0 Å². The van der Waals surface area contributed by atoms with Crippen LogP contribution in [0.15, 0.2) is 53.4 Å². The standard InChI is InChI=1S/C15H12FNO3S/c16-13-4-6-14(7-5-13)20-8-9-21(18,19)15-3-1-2-12(10-15)11-17/h1-7,10H,8-9H2. The van der Waals surface area contributed by atoms with Crippen molar-refractivity contribution in [3.05, 3.63) is 59.9 Å². The van der Waals surface area contributed by atoms with Gasteiger partial charge < -0.3 is 4.74 Å². The molecule has 0 amide bonds. The fraction of sp³-hybridized carbons (Fsp3) is 0.133. The number of benzene rings is 2. The van der Waals surface area contributed by atoms with Crippen molar-refractivity contribution in [2.45, 2.75) is 4.90 Å². The maximum absolute atomic E-state index is 12.7. The summed E-state index contributed by atoms with van der Waals surface area (Å²) in [7, 11) is -3.52. The van der Waals surface area contributed by atoms with Crippen LogP contribution < -0.4 is 4.74 Å². The monoisotopic (exact) mass is 305 g/mol. The molecule has 21 heavy (non-hydrogen) atoms. The molecule has 6 heteroatoms. The van der Waals surface area contributed by atoms with Crippen LogP contribution >= 0.6 is 0 Å². The number of hydrogen-bond acceptors (Lipinski definition) is 4. The van der Waals surface area contributed by atoms with E-state index in [1.807, 2.05) is 6.07 Å². The first-order valence-corrected chi connectivity index (χ1v) is 7.78. The number of halogens is 1. The van der Waals surface area contributed by atoms with E-state index in [0.717, 1.165) is 0 Å². The van der Waals surface area contributed by atoms with E-state index in [9.17, 15) is 12.8 Å². The Morgan fingerprint density at radius 2 is 1.86 bits per heavy atom. The normalized spacial score (nSPS) is 10.9. The van der Waals surface area contributed by atoms with Gasteiger partial charge in [0.25, 0.3) is 0 Å². The second-order valence-electron chi connectivity index (χ2n) is 4.26. The molecule has 0 radical (unpaired) electrons. The number of ether oxygens (including phenoxy) is 1. The van der Waals surface area contributed by atoms with Crippen LogP contribution in [0.1, 0.15) is 5.56 Å². The molecule has 108 valence electrons. The van der Waals surface area contributed by atoms with Gasteiger partial charge in [0.05, 0.1) is 22.3 Å². The SMILES string of the molecule is N#Cc1cccc(S(=O)(=O)CCOc2ccc(F)cc2)c1. The lowest BCUT2D eigenvalue weighted by molar-refractivity contribution is 0.340. The van der Waals surface area contributed by atoms with E-state index < -0.39 is 9.84 Å². The van der Waals surface area contributed by atoms with Gasteiger partial charge in [0, 0.05) is 0 Å². The van der Waals surface area contributed by atoms with Gasteiger partial charge in [-0.05, 0) is 42.5 Å². The van der Waals surface area contributed by atoms with E-state index in [4.69, 9.17) is 10.00 Å². The summed E-state index contributed by atoms with van der Waals surface area (Å²) >= 11 is 0. The summed E-state index contributed by atoms with van der Waals surface area (Å²) in [5, 5.41) is 8.77. The van der Waals surface area contributed by atoms with Gasteiger partial charge in [0.15, 0.2) is 9.84 Å². The minimum absolute atomic E-state index is 0.0508. The molecular weight excluding hydrogens is 293 g/mol. The molecule has 0 atom stereocenters. The van der Waals surface area contributed by atoms with Crippen LogP contribution in [0.3, 0.4) is 0 Å². The van der Waals surface area contributed by atoms with Gasteiger partial charge in [-0.25, -0.2) is 12.8 Å². The van der Waals surface area contributed by atoms with Crippen LogP contribution in [0.4, 0.5) is 4.39 Å². The van der Waals surface area contributed by atoms with Crippen molar-refractivity contribution >= 4 is 9.84 Å². The fourth-order valence-corrected chi connectivity index (χ4v) is 2.81. The summed E-state index contributed by atoms with van der Waals surface area (Å²) in [6.07, 6.45) is 0. The van der Waals surface area contributed by atoms with E-state index in [1.54, 1.807) is 0 Å². The van der Waals surface area contributed by atoms with Gasteiger partial charge in [0.2, 0.25) is 0 Å². The molecule has 2 aromatic carbocycles. The van der Waals surface area contributed by atoms with Crippen molar-refractivity contribution in [3.8, 4) is 11.8 Å². The third-order valence-electron chi connectivity index (χ3n) is 2.76. The van der Waals surface area contributed by atoms with E-state index in [0.29, 0.717) is 5.75 Å². The number of hydrogen-bond donors (Lipinski definition) is 0. The summed E-state index contributed by atoms with van der Waals surface area (Å²) in [4.78, 5) is 0.0873. The topological polar surface area (TPSA) is 67.2 Å². The Labute approximate surface area is 122 Å². The summed E-state index contributed by atoms with van der Waals surface area (Å²) in [5.41, 5.74) is 0.288. The first-order valence-electron chi connectivity index (χ1n) is 6.12. The lowest BCUT2D eigenvalue weighted by Crippen LogP contribution is -2.14. The Hall–Kier alpha value is -2.39. The molecule has 0 aliphatic heterocycles. The molecule has 0 aliphatic carbocycles. The molecule has 0 saturated heterocycles. The van der Waals surface area contributed by atoms with Crippen molar-refractivity contribution in [3.63, 3.8) is 0 Å². The smallest absolute Gasteiger partial charge is 0.181 e. The molecule has 0 saturated carbocycles. The first-order chi connectivity index (χ1) is 10.0. The molecule has 0 aromatic heterocycles. The van der Waals surface area contributed by atoms with E-state index in [-0.39, 0.29) is 28.6 Å². The molecule has 0 aliphatic rings. The van der Waals surface area contributed by atoms with Gasteiger partial charge >= 0.3 is 0 Å². The molecule has 2 rings (SSSR count). The highest BCUT2D eigenvalue weighted by molar-refractivity contribution is 7.91. The lowest BCUT2D eigenvalue weighted by atomic mass is 10.2. The number of sulfone groups is 1. The third-order valence-corrected chi connectivity index (χ3v) is 4.43. The summed E-state index contributed by atoms with van der Waals surface area (Å²) < 4.78 is 42.2. The highest BCUT2D eigenvalue weighted by Gasteiger charge is 2.15. The Kier molecular flexibility index (Phi) is 4.55. The number of rotatable bonds is 5. The van der Waals surface area contributed by atoms with Crippen LogP contribution in [0, 0.1) is 17.1 Å². The predicted octanol–water partition coefficient (Wildman–Crippen LogP) is 2.55. The van der Waals surface area contributed by atoms with Gasteiger partial charge in [-0.3, -0.25) is 0 Å². The van der Waals surface area contributed by atoms with Crippen molar-refractivity contribution < 1.29 is 17.5 Å². The lowest BCUT2D eigenvalue weighted by Gasteiger charge is -2.07. The highest BCUT2D eigenvalue weighted by Crippen LogP contribution is 2.15. The van der Waals surface area contributed by atoms with Crippen LogP contribution in [0.25, 0.3) is 0 Å². The van der Waals surface area contributed by atoms with E-state index in [1.165, 1.54) is 48.5 Å². The Morgan fingerprint density at radius 3 is 2.52 bits per heavy atom. The Balaban J connectivity index is 2.01. The molecule has 0 bridgehead atoms. The van der Waals surface area contributed by atoms with Crippen LogP contribution in [0.5, 0.6) is 5.75 Å². The van der Waals surface area contributed by atoms with Crippen LogP contribution in [-0.4, -0.2) is 20.8 Å². The molecule has 0 heterocycles. The minimum Gasteiger partial charge on any atom is -0.493 e. The zero-order chi connectivity index (χ0) is 15.3. The number of nitrogens with zero attached hydrogens (tertiary/aromatic N) is 1. The second-order valence-corrected chi connectivity index (χ2v) is 6.37. The highest BCUT2D eigenvalue weighted by atomic mass is 32.2.